The van der Waals surface area contributed by atoms with Gasteiger partial charge in [0.2, 0.25) is 0 Å². The van der Waals surface area contributed by atoms with Gasteiger partial charge in [0.15, 0.2) is 0 Å². The van der Waals surface area contributed by atoms with Gasteiger partial charge in [0.1, 0.15) is 0 Å². The van der Waals surface area contributed by atoms with E-state index in [1.165, 1.54) is 50.5 Å². The van der Waals surface area contributed by atoms with Gasteiger partial charge in [-0.3, -0.25) is 4.79 Å². The highest BCUT2D eigenvalue weighted by Crippen LogP contribution is 2.42. The predicted octanol–water partition coefficient (Wildman–Crippen LogP) is 6.54. The van der Waals surface area contributed by atoms with E-state index in [9.17, 15) is 4.79 Å². The fraction of sp³-hybridized carbons (Fsp3) is 0.857. The molecule has 24 heavy (non-hydrogen) atoms. The average molecular weight is 355 g/mol. The van der Waals surface area contributed by atoms with Crippen molar-refractivity contribution in [1.82, 2.24) is 0 Å². The van der Waals surface area contributed by atoms with Crippen molar-refractivity contribution in [2.45, 2.75) is 97.2 Å². The number of hydrogen-bond donors (Lipinski definition) is 0. The molecule has 0 unspecified atom stereocenters. The zero-order valence-corrected chi connectivity index (χ0v) is 17.4. The molecule has 0 N–H and O–H groups in total. The Morgan fingerprint density at radius 2 is 1.83 bits per heavy atom. The van der Waals surface area contributed by atoms with Gasteiger partial charge in [-0.15, -0.1) is 0 Å². The minimum absolute atomic E-state index is 0.0178. The lowest BCUT2D eigenvalue weighted by Gasteiger charge is -2.34. The van der Waals surface area contributed by atoms with Gasteiger partial charge in [-0.1, -0.05) is 51.2 Å². The third-order valence-corrected chi connectivity index (χ3v) is 6.58. The molecule has 3 heteroatoms. The Kier molecular flexibility index (Phi) is 10.1. The molecule has 0 bridgehead atoms. The normalized spacial score (nSPS) is 21.2. The summed E-state index contributed by atoms with van der Waals surface area (Å²) in [4.78, 5) is 11.8. The summed E-state index contributed by atoms with van der Waals surface area (Å²) in [5.41, 5.74) is 3.14. The van der Waals surface area contributed by atoms with Gasteiger partial charge in [-0.25, -0.2) is 0 Å². The van der Waals surface area contributed by atoms with Crippen LogP contribution in [0.25, 0.3) is 0 Å². The molecule has 0 radical (unpaired) electrons. The third kappa shape index (κ3) is 9.15. The van der Waals surface area contributed by atoms with Gasteiger partial charge in [0.25, 0.3) is 0 Å². The average Bonchev–Trinajstić information content (AvgIpc) is 2.50. The number of esters is 1. The topological polar surface area (TPSA) is 26.3 Å². The van der Waals surface area contributed by atoms with Crippen molar-refractivity contribution in [2.24, 2.45) is 5.92 Å². The van der Waals surface area contributed by atoms with Crippen LogP contribution in [-0.4, -0.2) is 23.1 Å². The Labute approximate surface area is 154 Å². The summed E-state index contributed by atoms with van der Waals surface area (Å²) in [7, 11) is 0. The summed E-state index contributed by atoms with van der Waals surface area (Å²) in [6, 6.07) is 0. The molecule has 1 aliphatic rings. The molecule has 140 valence electrons. The predicted molar refractivity (Wildman–Crippen MR) is 107 cm³/mol. The Balaban J connectivity index is 2.08. The molecular formula is C21H38O2S. The van der Waals surface area contributed by atoms with Gasteiger partial charge < -0.3 is 4.74 Å². The number of unbranched alkanes of at least 4 members (excludes halogenated alkanes) is 2. The summed E-state index contributed by atoms with van der Waals surface area (Å²) < 4.78 is 5.70. The molecule has 2 nitrogen and oxygen atoms in total. The number of rotatable bonds is 10. The van der Waals surface area contributed by atoms with E-state index in [2.05, 4.69) is 34.6 Å². The van der Waals surface area contributed by atoms with E-state index in [0.29, 0.717) is 17.8 Å². The Morgan fingerprint density at radius 3 is 2.42 bits per heavy atom. The van der Waals surface area contributed by atoms with Crippen molar-refractivity contribution in [1.29, 1.82) is 0 Å². The number of hydrogen-bond acceptors (Lipinski definition) is 3. The summed E-state index contributed by atoms with van der Waals surface area (Å²) in [6.07, 6.45) is 10.2. The molecule has 0 aromatic carbocycles. The molecule has 0 aliphatic heterocycles. The van der Waals surface area contributed by atoms with Crippen molar-refractivity contribution in [3.63, 3.8) is 0 Å². The van der Waals surface area contributed by atoms with E-state index in [4.69, 9.17) is 4.74 Å². The Morgan fingerprint density at radius 1 is 1.17 bits per heavy atom. The van der Waals surface area contributed by atoms with E-state index in [1.54, 1.807) is 5.57 Å². The maximum atomic E-state index is 11.8. The molecule has 0 heterocycles. The molecule has 1 saturated carbocycles. The van der Waals surface area contributed by atoms with E-state index in [1.807, 2.05) is 11.8 Å². The molecule has 0 spiro atoms. The maximum Gasteiger partial charge on any atom is 0.306 e. The summed E-state index contributed by atoms with van der Waals surface area (Å²) in [5, 5.41) is 0. The molecule has 0 atom stereocenters. The molecule has 0 amide bonds. The molecule has 1 rings (SSSR count). The van der Waals surface area contributed by atoms with Gasteiger partial charge in [-0.05, 0) is 51.9 Å². The number of allylic oxidation sites excluding steroid dienone is 2. The largest absolute Gasteiger partial charge is 0.466 e. The van der Waals surface area contributed by atoms with Crippen molar-refractivity contribution in [3.8, 4) is 0 Å². The van der Waals surface area contributed by atoms with Gasteiger partial charge in [0.05, 0.1) is 13.0 Å². The van der Waals surface area contributed by atoms with Crippen LogP contribution in [0, 0.1) is 5.92 Å². The maximum absolute atomic E-state index is 11.8. The molecule has 0 saturated heterocycles. The first-order valence-corrected chi connectivity index (χ1v) is 10.8. The second-order valence-electron chi connectivity index (χ2n) is 8.12. The minimum Gasteiger partial charge on any atom is -0.466 e. The molecule has 1 fully saturated rings. The lowest BCUT2D eigenvalue weighted by atomic mass is 9.84. The summed E-state index contributed by atoms with van der Waals surface area (Å²) in [5.74, 6) is 1.65. The van der Waals surface area contributed by atoms with Gasteiger partial charge in [-0.2, -0.15) is 11.8 Å². The van der Waals surface area contributed by atoms with Crippen molar-refractivity contribution < 1.29 is 9.53 Å². The van der Waals surface area contributed by atoms with Crippen LogP contribution in [0.5, 0.6) is 0 Å². The SMILES string of the molecule is CC(C)=C1CCC(C)(SCCC(=O)OCCCCCC(C)C)CC1. The van der Waals surface area contributed by atoms with E-state index in [-0.39, 0.29) is 5.97 Å². The second kappa shape index (κ2) is 11.2. The first-order valence-electron chi connectivity index (χ1n) is 9.77. The van der Waals surface area contributed by atoms with E-state index in [0.717, 1.165) is 18.1 Å². The van der Waals surface area contributed by atoms with Crippen LogP contribution in [0.3, 0.4) is 0 Å². The fourth-order valence-electron chi connectivity index (χ4n) is 3.20. The van der Waals surface area contributed by atoms with Crippen molar-refractivity contribution >= 4 is 17.7 Å². The first kappa shape index (κ1) is 21.6. The van der Waals surface area contributed by atoms with Crippen LogP contribution in [0.15, 0.2) is 11.1 Å². The zero-order chi connectivity index (χ0) is 18.0. The minimum atomic E-state index is -0.0178. The highest BCUT2D eigenvalue weighted by molar-refractivity contribution is 8.00. The first-order chi connectivity index (χ1) is 11.3. The van der Waals surface area contributed by atoms with Gasteiger partial charge in [0, 0.05) is 10.5 Å². The molecular weight excluding hydrogens is 316 g/mol. The smallest absolute Gasteiger partial charge is 0.306 e. The van der Waals surface area contributed by atoms with Crippen LogP contribution in [0.2, 0.25) is 0 Å². The Hall–Kier alpha value is -0.440. The van der Waals surface area contributed by atoms with Crippen LogP contribution in [0.4, 0.5) is 0 Å². The quantitative estimate of drug-likeness (QED) is 0.253. The van der Waals surface area contributed by atoms with E-state index < -0.39 is 0 Å². The van der Waals surface area contributed by atoms with Crippen LogP contribution in [0.1, 0.15) is 92.4 Å². The van der Waals surface area contributed by atoms with Crippen LogP contribution < -0.4 is 0 Å². The lowest BCUT2D eigenvalue weighted by Crippen LogP contribution is -2.25. The van der Waals surface area contributed by atoms with Crippen LogP contribution >= 0.6 is 11.8 Å². The summed E-state index contributed by atoms with van der Waals surface area (Å²) in [6.45, 7) is 11.9. The second-order valence-corrected chi connectivity index (χ2v) is 9.80. The zero-order valence-electron chi connectivity index (χ0n) is 16.6. The highest BCUT2D eigenvalue weighted by Gasteiger charge is 2.29. The van der Waals surface area contributed by atoms with E-state index >= 15 is 0 Å². The number of carbonyl (C=O) groups excluding carboxylic acids is 1. The molecule has 0 aromatic heterocycles. The van der Waals surface area contributed by atoms with Crippen LogP contribution in [-0.2, 0) is 9.53 Å². The molecule has 0 aromatic rings. The standard InChI is InChI=1S/C21H38O2S/c1-17(2)9-7-6-8-15-23-20(22)12-16-24-21(5)13-10-19(11-14-21)18(3)4/h17H,6-16H2,1-5H3. The fourth-order valence-corrected chi connectivity index (χ4v) is 4.45. The monoisotopic (exact) mass is 354 g/mol. The molecule has 1 aliphatic carbocycles. The summed E-state index contributed by atoms with van der Waals surface area (Å²) >= 11 is 1.97. The van der Waals surface area contributed by atoms with Crippen molar-refractivity contribution in [3.05, 3.63) is 11.1 Å². The van der Waals surface area contributed by atoms with Gasteiger partial charge >= 0.3 is 5.97 Å². The number of thioether (sulfide) groups is 1. The Bertz CT molecular complexity index is 398. The third-order valence-electron chi connectivity index (χ3n) is 5.06. The lowest BCUT2D eigenvalue weighted by molar-refractivity contribution is -0.143. The number of ether oxygens (including phenoxy) is 1. The highest BCUT2D eigenvalue weighted by atomic mass is 32.2. The number of carbonyl (C=O) groups is 1. The van der Waals surface area contributed by atoms with Crippen molar-refractivity contribution in [2.75, 3.05) is 12.4 Å².